The third-order valence-electron chi connectivity index (χ3n) is 3.38. The van der Waals surface area contributed by atoms with E-state index in [0.29, 0.717) is 5.56 Å². The molecule has 0 radical (unpaired) electrons. The number of fused-ring (bicyclic) bond motifs is 1. The highest BCUT2D eigenvalue weighted by Crippen LogP contribution is 2.13. The highest BCUT2D eigenvalue weighted by Gasteiger charge is 2.17. The first-order valence-corrected chi connectivity index (χ1v) is 7.20. The Balaban J connectivity index is 2.09. The highest BCUT2D eigenvalue weighted by atomic mass is 32.1. The molecule has 0 amide bonds. The molecule has 0 spiro atoms. The van der Waals surface area contributed by atoms with Crippen molar-refractivity contribution in [2.75, 3.05) is 0 Å². The van der Waals surface area contributed by atoms with Gasteiger partial charge in [0.05, 0.1) is 12.2 Å². The monoisotopic (exact) mass is 303 g/mol. The maximum atomic E-state index is 12.4. The number of aromatic carboxylic acids is 1. The van der Waals surface area contributed by atoms with Crippen LogP contribution in [0.3, 0.4) is 0 Å². The van der Waals surface area contributed by atoms with Gasteiger partial charge in [0.15, 0.2) is 4.96 Å². The van der Waals surface area contributed by atoms with E-state index in [1.54, 1.807) is 19.9 Å². The average molecular weight is 303 g/mol. The summed E-state index contributed by atoms with van der Waals surface area (Å²) in [5.41, 5.74) is 1.26. The van der Waals surface area contributed by atoms with Crippen LogP contribution in [0.15, 0.2) is 28.6 Å². The number of hydrogen-bond acceptors (Lipinski definition) is 4. The summed E-state index contributed by atoms with van der Waals surface area (Å²) in [6, 6.07) is 1.71. The molecule has 0 saturated heterocycles. The first-order valence-electron chi connectivity index (χ1n) is 6.33. The van der Waals surface area contributed by atoms with Crippen molar-refractivity contribution in [2.45, 2.75) is 20.4 Å². The summed E-state index contributed by atoms with van der Waals surface area (Å²) in [7, 11) is 0. The van der Waals surface area contributed by atoms with Crippen LogP contribution in [-0.2, 0) is 6.54 Å². The second-order valence-electron chi connectivity index (χ2n) is 4.87. The van der Waals surface area contributed by atoms with Crippen molar-refractivity contribution < 1.29 is 9.90 Å². The predicted octanol–water partition coefficient (Wildman–Crippen LogP) is 1.92. The topological polar surface area (TPSA) is 76.6 Å². The van der Waals surface area contributed by atoms with E-state index in [4.69, 9.17) is 0 Å². The van der Waals surface area contributed by atoms with E-state index in [-0.39, 0.29) is 12.1 Å². The maximum Gasteiger partial charge on any atom is 0.341 e. The molecular formula is C14H13N3O3S. The van der Waals surface area contributed by atoms with Crippen molar-refractivity contribution in [1.82, 2.24) is 14.0 Å². The number of pyridine rings is 1. The van der Waals surface area contributed by atoms with Gasteiger partial charge in [0, 0.05) is 23.5 Å². The largest absolute Gasteiger partial charge is 0.477 e. The molecule has 1 N–H and O–H groups in total. The number of nitrogens with zero attached hydrogens (tertiary/aromatic N) is 3. The van der Waals surface area contributed by atoms with Gasteiger partial charge in [-0.2, -0.15) is 0 Å². The van der Waals surface area contributed by atoms with E-state index in [1.165, 1.54) is 15.9 Å². The van der Waals surface area contributed by atoms with Crippen LogP contribution in [0.2, 0.25) is 0 Å². The van der Waals surface area contributed by atoms with Crippen molar-refractivity contribution in [3.63, 3.8) is 0 Å². The molecule has 3 heterocycles. The molecule has 3 rings (SSSR count). The Bertz CT molecular complexity index is 875. The minimum atomic E-state index is -1.20. The van der Waals surface area contributed by atoms with Crippen LogP contribution < -0.4 is 5.56 Å². The summed E-state index contributed by atoms with van der Waals surface area (Å²) in [5, 5.41) is 11.1. The second kappa shape index (κ2) is 4.85. The van der Waals surface area contributed by atoms with Gasteiger partial charge >= 0.3 is 5.97 Å². The van der Waals surface area contributed by atoms with E-state index >= 15 is 0 Å². The molecule has 3 aromatic heterocycles. The molecule has 108 valence electrons. The third kappa shape index (κ3) is 2.25. The van der Waals surface area contributed by atoms with Gasteiger partial charge in [0.2, 0.25) is 0 Å². The molecule has 7 heteroatoms. The van der Waals surface area contributed by atoms with Crippen LogP contribution >= 0.6 is 11.3 Å². The van der Waals surface area contributed by atoms with Gasteiger partial charge < -0.3 is 9.67 Å². The Morgan fingerprint density at radius 1 is 1.43 bits per heavy atom. The molecule has 6 nitrogen and oxygen atoms in total. The lowest BCUT2D eigenvalue weighted by Crippen LogP contribution is -2.29. The van der Waals surface area contributed by atoms with Crippen molar-refractivity contribution in [3.05, 3.63) is 56.7 Å². The fraction of sp³-hybridized carbons (Fsp3) is 0.214. The minimum absolute atomic E-state index is 0.179. The molecule has 21 heavy (non-hydrogen) atoms. The maximum absolute atomic E-state index is 12.4. The van der Waals surface area contributed by atoms with E-state index in [0.717, 1.165) is 16.3 Å². The summed E-state index contributed by atoms with van der Waals surface area (Å²) in [5.74, 6) is -1.20. The Morgan fingerprint density at radius 3 is 2.86 bits per heavy atom. The normalized spacial score (nSPS) is 11.1. The van der Waals surface area contributed by atoms with Crippen LogP contribution in [-0.4, -0.2) is 25.0 Å². The fourth-order valence-corrected chi connectivity index (χ4v) is 3.12. The van der Waals surface area contributed by atoms with Gasteiger partial charge in [-0.25, -0.2) is 9.78 Å². The average Bonchev–Trinajstić information content (AvgIpc) is 2.93. The quantitative estimate of drug-likeness (QED) is 0.802. The highest BCUT2D eigenvalue weighted by molar-refractivity contribution is 7.15. The van der Waals surface area contributed by atoms with Crippen LogP contribution in [0.4, 0.5) is 0 Å². The van der Waals surface area contributed by atoms with Gasteiger partial charge in [0.25, 0.3) is 5.56 Å². The molecule has 0 bridgehead atoms. The van der Waals surface area contributed by atoms with Gasteiger partial charge in [0.1, 0.15) is 5.56 Å². The standard InChI is InChI=1S/C14H13N3O3S/c1-8-5-9(2)17(12(18)11(8)13(19)20)7-10-6-16-3-4-21-14(16)15-10/h3-6H,7H2,1-2H3,(H,19,20). The molecule has 0 saturated carbocycles. The van der Waals surface area contributed by atoms with Crippen molar-refractivity contribution in [2.24, 2.45) is 0 Å². The first-order chi connectivity index (χ1) is 9.97. The van der Waals surface area contributed by atoms with E-state index in [2.05, 4.69) is 4.98 Å². The van der Waals surface area contributed by atoms with Crippen molar-refractivity contribution >= 4 is 22.3 Å². The molecular weight excluding hydrogens is 290 g/mol. The fourth-order valence-electron chi connectivity index (χ4n) is 2.40. The predicted molar refractivity (Wildman–Crippen MR) is 79.3 cm³/mol. The Labute approximate surface area is 123 Å². The van der Waals surface area contributed by atoms with Gasteiger partial charge in [-0.15, -0.1) is 11.3 Å². The number of aromatic nitrogens is 3. The molecule has 0 aliphatic heterocycles. The van der Waals surface area contributed by atoms with Crippen LogP contribution in [0.25, 0.3) is 4.96 Å². The number of carbonyl (C=O) groups is 1. The molecule has 0 fully saturated rings. The lowest BCUT2D eigenvalue weighted by molar-refractivity contribution is 0.0693. The van der Waals surface area contributed by atoms with E-state index < -0.39 is 11.5 Å². The lowest BCUT2D eigenvalue weighted by Gasteiger charge is -2.11. The molecule has 0 aromatic carbocycles. The zero-order valence-electron chi connectivity index (χ0n) is 11.5. The summed E-state index contributed by atoms with van der Waals surface area (Å²) < 4.78 is 3.33. The van der Waals surface area contributed by atoms with Gasteiger partial charge in [-0.3, -0.25) is 9.20 Å². The summed E-state index contributed by atoms with van der Waals surface area (Å²) in [4.78, 5) is 28.9. The number of carboxylic acid groups (broad SMARTS) is 1. The van der Waals surface area contributed by atoms with Crippen molar-refractivity contribution in [3.8, 4) is 0 Å². The lowest BCUT2D eigenvalue weighted by atomic mass is 10.1. The summed E-state index contributed by atoms with van der Waals surface area (Å²) in [6.45, 7) is 3.69. The molecule has 3 aromatic rings. The molecule has 0 aliphatic carbocycles. The number of carboxylic acids is 1. The summed E-state index contributed by atoms with van der Waals surface area (Å²) in [6.07, 6.45) is 3.74. The zero-order valence-corrected chi connectivity index (χ0v) is 12.3. The number of thiazole rings is 1. The van der Waals surface area contributed by atoms with Crippen molar-refractivity contribution in [1.29, 1.82) is 0 Å². The molecule has 0 atom stereocenters. The SMILES string of the molecule is Cc1cc(C)n(Cc2cn3ccsc3n2)c(=O)c1C(=O)O. The number of rotatable bonds is 3. The number of hydrogen-bond donors (Lipinski definition) is 1. The number of imidazole rings is 1. The van der Waals surface area contributed by atoms with E-state index in [1.807, 2.05) is 22.2 Å². The third-order valence-corrected chi connectivity index (χ3v) is 4.15. The summed E-state index contributed by atoms with van der Waals surface area (Å²) >= 11 is 1.51. The second-order valence-corrected chi connectivity index (χ2v) is 5.74. The van der Waals surface area contributed by atoms with Crippen LogP contribution in [0, 0.1) is 13.8 Å². The first kappa shape index (κ1) is 13.6. The Kier molecular flexibility index (Phi) is 3.13. The van der Waals surface area contributed by atoms with Gasteiger partial charge in [-0.1, -0.05) is 0 Å². The molecule has 0 aliphatic rings. The Morgan fingerprint density at radius 2 is 2.19 bits per heavy atom. The van der Waals surface area contributed by atoms with E-state index in [9.17, 15) is 14.7 Å². The van der Waals surface area contributed by atoms with Crippen LogP contribution in [0.5, 0.6) is 0 Å². The Hall–Kier alpha value is -2.41. The van der Waals surface area contributed by atoms with Crippen LogP contribution in [0.1, 0.15) is 27.3 Å². The number of aryl methyl sites for hydroxylation is 2. The smallest absolute Gasteiger partial charge is 0.341 e. The van der Waals surface area contributed by atoms with Gasteiger partial charge in [-0.05, 0) is 25.5 Å². The molecule has 0 unspecified atom stereocenters. The minimum Gasteiger partial charge on any atom is -0.477 e. The zero-order chi connectivity index (χ0) is 15.1.